The fraction of sp³-hybridized carbons (Fsp3) is 0. The second-order valence-corrected chi connectivity index (χ2v) is 3.41. The first-order valence-electron chi connectivity index (χ1n) is 4.78. The van der Waals surface area contributed by atoms with Gasteiger partial charge in [0.15, 0.2) is 0 Å². The summed E-state index contributed by atoms with van der Waals surface area (Å²) in [6, 6.07) is 11.3. The predicted octanol–water partition coefficient (Wildman–Crippen LogP) is 3.13. The minimum absolute atomic E-state index is 0.279. The molecule has 0 aromatic heterocycles. The van der Waals surface area contributed by atoms with Crippen molar-refractivity contribution < 1.29 is 18.7 Å². The second kappa shape index (κ2) is 4.33. The molecule has 0 amide bonds. The molecule has 1 radical (unpaired) electrons. The van der Waals surface area contributed by atoms with Crippen molar-refractivity contribution in [2.75, 3.05) is 0 Å². The Labute approximate surface area is 96.1 Å². The molecule has 0 unspecified atom stereocenters. The molecule has 0 aliphatic heterocycles. The highest BCUT2D eigenvalue weighted by Gasteiger charge is 2.17. The number of benzene rings is 2. The lowest BCUT2D eigenvalue weighted by atomic mass is 10.0. The van der Waals surface area contributed by atoms with Gasteiger partial charge in [0, 0.05) is 0 Å². The van der Waals surface area contributed by atoms with Gasteiger partial charge >= 0.3 is 5.97 Å². The van der Waals surface area contributed by atoms with Crippen molar-refractivity contribution in [1.82, 2.24) is 0 Å². The van der Waals surface area contributed by atoms with Crippen LogP contribution in [-0.4, -0.2) is 11.1 Å². The molecule has 0 saturated heterocycles. The molecule has 0 heterocycles. The first-order chi connectivity index (χ1) is 8.09. The van der Waals surface area contributed by atoms with Crippen molar-refractivity contribution in [3.63, 3.8) is 0 Å². The monoisotopic (exact) mass is 233 g/mol. The highest BCUT2D eigenvalue weighted by atomic mass is 19.1. The van der Waals surface area contributed by atoms with Gasteiger partial charge in [0.2, 0.25) is 0 Å². The van der Waals surface area contributed by atoms with E-state index in [1.54, 1.807) is 24.3 Å². The average molecular weight is 233 g/mol. The lowest BCUT2D eigenvalue weighted by Gasteiger charge is -2.05. The van der Waals surface area contributed by atoms with Crippen LogP contribution in [0.5, 0.6) is 0 Å². The highest BCUT2D eigenvalue weighted by Crippen LogP contribution is 2.24. The molecule has 2 nitrogen and oxygen atoms in total. The summed E-state index contributed by atoms with van der Waals surface area (Å²) in [5.74, 6) is -3.79. The fourth-order valence-electron chi connectivity index (χ4n) is 1.52. The maximum Gasteiger partial charge on any atom is 0.341 e. The Morgan fingerprint density at radius 1 is 1.18 bits per heavy atom. The van der Waals surface area contributed by atoms with Crippen LogP contribution in [0.25, 0.3) is 11.1 Å². The van der Waals surface area contributed by atoms with Crippen LogP contribution in [-0.2, 0) is 0 Å². The lowest BCUT2D eigenvalue weighted by molar-refractivity contribution is 0.0686. The molecule has 0 saturated carbocycles. The Balaban J connectivity index is 2.57. The minimum Gasteiger partial charge on any atom is -0.477 e. The van der Waals surface area contributed by atoms with E-state index in [9.17, 15) is 13.6 Å². The van der Waals surface area contributed by atoms with Gasteiger partial charge in [-0.3, -0.25) is 0 Å². The van der Waals surface area contributed by atoms with Crippen molar-refractivity contribution in [3.05, 3.63) is 59.7 Å². The molecule has 0 atom stereocenters. The third kappa shape index (κ3) is 2.15. The summed E-state index contributed by atoms with van der Waals surface area (Å²) in [6.45, 7) is 0. The van der Waals surface area contributed by atoms with Crippen molar-refractivity contribution in [3.8, 4) is 11.1 Å². The third-order valence-corrected chi connectivity index (χ3v) is 2.30. The zero-order valence-electron chi connectivity index (χ0n) is 8.58. The number of hydrogen-bond donors (Lipinski definition) is 1. The Morgan fingerprint density at radius 2 is 1.82 bits per heavy atom. The van der Waals surface area contributed by atoms with Gasteiger partial charge in [-0.2, -0.15) is 0 Å². The van der Waals surface area contributed by atoms with Gasteiger partial charge in [0.05, 0.1) is 0 Å². The van der Waals surface area contributed by atoms with Gasteiger partial charge in [-0.15, -0.1) is 0 Å². The van der Waals surface area contributed by atoms with Gasteiger partial charge < -0.3 is 5.11 Å². The quantitative estimate of drug-likeness (QED) is 0.865. The van der Waals surface area contributed by atoms with E-state index in [1.165, 1.54) is 0 Å². The number of halogens is 2. The van der Waals surface area contributed by atoms with Crippen LogP contribution in [0.2, 0.25) is 0 Å². The van der Waals surface area contributed by atoms with E-state index in [0.29, 0.717) is 5.56 Å². The number of hydrogen-bond acceptors (Lipinski definition) is 1. The van der Waals surface area contributed by atoms with E-state index in [0.717, 1.165) is 12.1 Å². The topological polar surface area (TPSA) is 37.3 Å². The molecule has 85 valence electrons. The van der Waals surface area contributed by atoms with E-state index >= 15 is 0 Å². The molecule has 2 rings (SSSR count). The summed E-state index contributed by atoms with van der Waals surface area (Å²) in [5.41, 5.74) is -0.0854. The molecule has 0 aliphatic carbocycles. The molecular weight excluding hydrogens is 226 g/mol. The average Bonchev–Trinajstić information content (AvgIpc) is 2.28. The van der Waals surface area contributed by atoms with Crippen LogP contribution in [0.4, 0.5) is 8.78 Å². The number of rotatable bonds is 2. The maximum atomic E-state index is 13.4. The number of aromatic carboxylic acids is 1. The Hall–Kier alpha value is -2.23. The van der Waals surface area contributed by atoms with Crippen LogP contribution < -0.4 is 0 Å². The van der Waals surface area contributed by atoms with Crippen molar-refractivity contribution >= 4 is 5.97 Å². The van der Waals surface area contributed by atoms with Crippen LogP contribution in [0.15, 0.2) is 36.4 Å². The number of carboxylic acids is 1. The summed E-state index contributed by atoms with van der Waals surface area (Å²) in [7, 11) is 0. The van der Waals surface area contributed by atoms with Crippen LogP contribution in [0.1, 0.15) is 10.4 Å². The largest absolute Gasteiger partial charge is 0.477 e. The van der Waals surface area contributed by atoms with Crippen LogP contribution in [0, 0.1) is 17.7 Å². The summed E-state index contributed by atoms with van der Waals surface area (Å²) >= 11 is 0. The third-order valence-electron chi connectivity index (χ3n) is 2.30. The molecular formula is C13H7F2O2. The molecule has 0 bridgehead atoms. The first-order valence-corrected chi connectivity index (χ1v) is 4.78. The molecule has 17 heavy (non-hydrogen) atoms. The van der Waals surface area contributed by atoms with E-state index in [1.807, 2.05) is 0 Å². The number of carbonyl (C=O) groups is 1. The zero-order valence-corrected chi connectivity index (χ0v) is 8.58. The van der Waals surface area contributed by atoms with Gasteiger partial charge in [0.25, 0.3) is 0 Å². The van der Waals surface area contributed by atoms with Gasteiger partial charge in [-0.25, -0.2) is 13.6 Å². The highest BCUT2D eigenvalue weighted by molar-refractivity contribution is 5.89. The molecule has 4 heteroatoms. The number of carboxylic acid groups (broad SMARTS) is 1. The molecule has 2 aromatic carbocycles. The molecule has 1 N–H and O–H groups in total. The fourth-order valence-corrected chi connectivity index (χ4v) is 1.52. The smallest absolute Gasteiger partial charge is 0.341 e. The lowest BCUT2D eigenvalue weighted by Crippen LogP contribution is -2.04. The summed E-state index contributed by atoms with van der Waals surface area (Å²) in [4.78, 5) is 10.6. The van der Waals surface area contributed by atoms with Gasteiger partial charge in [-0.1, -0.05) is 18.2 Å². The van der Waals surface area contributed by atoms with Gasteiger partial charge in [0.1, 0.15) is 17.2 Å². The standard InChI is InChI=1S/C13H7F2O2/c14-10-6-9(8-4-2-1-3-5-8)7-11(15)12(10)13(16)17/h1-2,4-7H,(H,16,17). The van der Waals surface area contributed by atoms with Crippen molar-refractivity contribution in [2.45, 2.75) is 0 Å². The molecule has 0 fully saturated rings. The van der Waals surface area contributed by atoms with Crippen molar-refractivity contribution in [1.29, 1.82) is 0 Å². The van der Waals surface area contributed by atoms with Gasteiger partial charge in [-0.05, 0) is 35.4 Å². The minimum atomic E-state index is -1.62. The van der Waals surface area contributed by atoms with E-state index in [2.05, 4.69) is 6.07 Å². The van der Waals surface area contributed by atoms with Crippen LogP contribution in [0.3, 0.4) is 0 Å². The predicted molar refractivity (Wildman–Crippen MR) is 57.6 cm³/mol. The Bertz CT molecular complexity index is 542. The van der Waals surface area contributed by atoms with E-state index < -0.39 is 23.2 Å². The second-order valence-electron chi connectivity index (χ2n) is 3.41. The molecule has 0 aliphatic rings. The Kier molecular flexibility index (Phi) is 2.87. The van der Waals surface area contributed by atoms with E-state index in [4.69, 9.17) is 5.11 Å². The first kappa shape index (κ1) is 11.3. The van der Waals surface area contributed by atoms with Crippen LogP contribution >= 0.6 is 0 Å². The molecule has 0 spiro atoms. The summed E-state index contributed by atoms with van der Waals surface area (Å²) < 4.78 is 26.8. The van der Waals surface area contributed by atoms with E-state index in [-0.39, 0.29) is 5.56 Å². The zero-order chi connectivity index (χ0) is 12.4. The normalized spacial score (nSPS) is 10.2. The van der Waals surface area contributed by atoms with Crippen molar-refractivity contribution in [2.24, 2.45) is 0 Å². The Morgan fingerprint density at radius 3 is 2.29 bits per heavy atom. The molecule has 2 aromatic rings. The summed E-state index contributed by atoms with van der Waals surface area (Å²) in [6.07, 6.45) is 0. The maximum absolute atomic E-state index is 13.4. The summed E-state index contributed by atoms with van der Waals surface area (Å²) in [5, 5.41) is 8.62. The SMILES string of the molecule is O=C(O)c1c(F)cc(-c2c[c]ccc2)cc1F.